The molecule has 2 rings (SSSR count). The van der Waals surface area contributed by atoms with Crippen LogP contribution >= 0.6 is 15.9 Å². The van der Waals surface area contributed by atoms with Crippen molar-refractivity contribution >= 4 is 15.9 Å². The molecule has 1 heterocycles. The predicted octanol–water partition coefficient (Wildman–Crippen LogP) is 6.40. The second kappa shape index (κ2) is 10.2. The fourth-order valence-corrected chi connectivity index (χ4v) is 4.29. The molecule has 0 spiro atoms. The number of benzene rings is 1. The van der Waals surface area contributed by atoms with Crippen molar-refractivity contribution in [3.05, 3.63) is 46.1 Å². The van der Waals surface area contributed by atoms with Crippen LogP contribution in [0, 0.1) is 6.92 Å². The van der Waals surface area contributed by atoms with Crippen LogP contribution in [0.1, 0.15) is 72.4 Å². The van der Waals surface area contributed by atoms with Gasteiger partial charge in [0.05, 0.1) is 5.60 Å². The van der Waals surface area contributed by atoms with Gasteiger partial charge < -0.3 is 10.0 Å². The van der Waals surface area contributed by atoms with Crippen LogP contribution in [0.25, 0.3) is 0 Å². The third-order valence-corrected chi connectivity index (χ3v) is 4.84. The van der Waals surface area contributed by atoms with Crippen molar-refractivity contribution in [1.82, 2.24) is 4.90 Å². The minimum Gasteiger partial charge on any atom is -0.385 e. The zero-order valence-corrected chi connectivity index (χ0v) is 18.4. The van der Waals surface area contributed by atoms with Crippen molar-refractivity contribution in [2.45, 2.75) is 85.9 Å². The Morgan fingerprint density at radius 1 is 1.17 bits per heavy atom. The summed E-state index contributed by atoms with van der Waals surface area (Å²) in [6.45, 7) is 20.5. The van der Waals surface area contributed by atoms with E-state index in [0.29, 0.717) is 12.1 Å². The van der Waals surface area contributed by atoms with Gasteiger partial charge in [-0.2, -0.15) is 0 Å². The molecule has 1 aromatic carbocycles. The van der Waals surface area contributed by atoms with Gasteiger partial charge in [-0.25, -0.2) is 0 Å². The first-order valence-electron chi connectivity index (χ1n) is 9.17. The summed E-state index contributed by atoms with van der Waals surface area (Å²) in [7, 11) is 0. The predicted molar refractivity (Wildman–Crippen MR) is 110 cm³/mol. The first kappa shape index (κ1) is 23.2. The second-order valence-corrected chi connectivity index (χ2v) is 7.16. The summed E-state index contributed by atoms with van der Waals surface area (Å²) in [4.78, 5) is 2.32. The van der Waals surface area contributed by atoms with Crippen molar-refractivity contribution in [2.24, 2.45) is 0 Å². The van der Waals surface area contributed by atoms with E-state index >= 15 is 0 Å². The molecule has 138 valence electrons. The third-order valence-electron chi connectivity index (χ3n) is 4.35. The number of piperidine rings is 1. The molecular weight excluding hydrogens is 362 g/mol. The quantitative estimate of drug-likeness (QED) is 0.623. The molecule has 1 aliphatic rings. The number of rotatable bonds is 2. The van der Waals surface area contributed by atoms with E-state index in [2.05, 4.69) is 60.3 Å². The molecule has 0 saturated carbocycles. The van der Waals surface area contributed by atoms with Gasteiger partial charge in [0, 0.05) is 35.1 Å². The first-order chi connectivity index (χ1) is 11.2. The lowest BCUT2D eigenvalue weighted by atomic mass is 9.76. The van der Waals surface area contributed by atoms with Gasteiger partial charge in [-0.15, -0.1) is 0 Å². The molecule has 0 bridgehead atoms. The van der Waals surface area contributed by atoms with E-state index < -0.39 is 5.60 Å². The Morgan fingerprint density at radius 3 is 2.00 bits per heavy atom. The molecule has 1 fully saturated rings. The monoisotopic (exact) mass is 397 g/mol. The highest BCUT2D eigenvalue weighted by atomic mass is 79.9. The Morgan fingerprint density at radius 2 is 1.62 bits per heavy atom. The number of allylic oxidation sites excluding steroid dienone is 1. The standard InChI is InChI=1S/C17H24BrNO.2C2H6/c1-11(2)19-13(4)9-17(20,10-14(19)5)16-7-6-15(18)8-12(16)3;2*1-2/h6-8,13-14,20H,1,9-10H2,2-5H3;2*1-2H3. The number of nitrogens with zero attached hydrogens (tertiary/aromatic N) is 1. The molecule has 0 aliphatic carbocycles. The number of halogens is 1. The smallest absolute Gasteiger partial charge is 0.0938 e. The molecule has 1 aromatic rings. The molecule has 24 heavy (non-hydrogen) atoms. The maximum Gasteiger partial charge on any atom is 0.0938 e. The molecular formula is C21H36BrNO. The molecule has 1 aliphatic heterocycles. The van der Waals surface area contributed by atoms with E-state index in [1.54, 1.807) is 0 Å². The van der Waals surface area contributed by atoms with Crippen molar-refractivity contribution in [3.8, 4) is 0 Å². The maximum absolute atomic E-state index is 11.2. The first-order valence-corrected chi connectivity index (χ1v) is 9.97. The highest BCUT2D eigenvalue weighted by Crippen LogP contribution is 2.41. The van der Waals surface area contributed by atoms with Gasteiger partial charge in [-0.1, -0.05) is 56.3 Å². The summed E-state index contributed by atoms with van der Waals surface area (Å²) in [5.41, 5.74) is 2.54. The van der Waals surface area contributed by atoms with Crippen molar-refractivity contribution in [1.29, 1.82) is 0 Å². The lowest BCUT2D eigenvalue weighted by Gasteiger charge is -2.49. The number of aliphatic hydroxyl groups is 1. The highest BCUT2D eigenvalue weighted by Gasteiger charge is 2.41. The SMILES string of the molecule is C=C(C)N1C(C)CC(O)(c2ccc(Br)cc2C)CC1C.CC.CC. The van der Waals surface area contributed by atoms with E-state index in [1.807, 2.05) is 40.7 Å². The molecule has 2 unspecified atom stereocenters. The Labute approximate surface area is 158 Å². The largest absolute Gasteiger partial charge is 0.385 e. The summed E-state index contributed by atoms with van der Waals surface area (Å²) in [5, 5.41) is 11.2. The number of hydrogen-bond donors (Lipinski definition) is 1. The summed E-state index contributed by atoms with van der Waals surface area (Å²) in [6.07, 6.45) is 1.49. The zero-order chi connectivity index (χ0) is 19.1. The third kappa shape index (κ3) is 5.35. The van der Waals surface area contributed by atoms with Crippen LogP contribution in [0.3, 0.4) is 0 Å². The minimum atomic E-state index is -0.741. The molecule has 0 amide bonds. The number of likely N-dealkylation sites (tertiary alicyclic amines) is 1. The van der Waals surface area contributed by atoms with E-state index in [4.69, 9.17) is 0 Å². The Hall–Kier alpha value is -0.800. The molecule has 2 nitrogen and oxygen atoms in total. The van der Waals surface area contributed by atoms with Gasteiger partial charge in [-0.3, -0.25) is 0 Å². The van der Waals surface area contributed by atoms with E-state index in [-0.39, 0.29) is 0 Å². The molecule has 3 heteroatoms. The normalized spacial score (nSPS) is 25.8. The van der Waals surface area contributed by atoms with Crippen LogP contribution in [0.2, 0.25) is 0 Å². The van der Waals surface area contributed by atoms with Crippen molar-refractivity contribution in [2.75, 3.05) is 0 Å². The van der Waals surface area contributed by atoms with Gasteiger partial charge >= 0.3 is 0 Å². The molecule has 1 N–H and O–H groups in total. The minimum absolute atomic E-state index is 0.296. The van der Waals surface area contributed by atoms with Gasteiger partial charge in [-0.05, 0) is 51.0 Å². The lowest BCUT2D eigenvalue weighted by molar-refractivity contribution is -0.0603. The molecule has 1 saturated heterocycles. The summed E-state index contributed by atoms with van der Waals surface area (Å²) < 4.78 is 1.06. The van der Waals surface area contributed by atoms with Crippen molar-refractivity contribution in [3.63, 3.8) is 0 Å². The molecule has 0 radical (unpaired) electrons. The fourth-order valence-electron chi connectivity index (χ4n) is 3.81. The second-order valence-electron chi connectivity index (χ2n) is 6.24. The van der Waals surface area contributed by atoms with E-state index in [9.17, 15) is 5.11 Å². The topological polar surface area (TPSA) is 23.5 Å². The van der Waals surface area contributed by atoms with Crippen LogP contribution in [0.4, 0.5) is 0 Å². The molecule has 0 aromatic heterocycles. The van der Waals surface area contributed by atoms with Crippen LogP contribution in [0.5, 0.6) is 0 Å². The van der Waals surface area contributed by atoms with Crippen LogP contribution < -0.4 is 0 Å². The Bertz CT molecular complexity index is 515. The summed E-state index contributed by atoms with van der Waals surface area (Å²) >= 11 is 3.49. The average molecular weight is 398 g/mol. The van der Waals surface area contributed by atoms with Crippen molar-refractivity contribution < 1.29 is 5.11 Å². The fraction of sp³-hybridized carbons (Fsp3) is 0.619. The molecule has 2 atom stereocenters. The van der Waals surface area contributed by atoms with Gasteiger partial charge in [0.25, 0.3) is 0 Å². The lowest BCUT2D eigenvalue weighted by Crippen LogP contribution is -2.51. The highest BCUT2D eigenvalue weighted by molar-refractivity contribution is 9.10. The van der Waals surface area contributed by atoms with E-state index in [1.165, 1.54) is 0 Å². The van der Waals surface area contributed by atoms with E-state index in [0.717, 1.165) is 34.1 Å². The summed E-state index contributed by atoms with van der Waals surface area (Å²) in [5.74, 6) is 0. The average Bonchev–Trinajstić information content (AvgIpc) is 2.49. The Kier molecular flexibility index (Phi) is 9.91. The van der Waals surface area contributed by atoms with Crippen LogP contribution in [-0.4, -0.2) is 22.1 Å². The van der Waals surface area contributed by atoms with Gasteiger partial charge in [0.1, 0.15) is 0 Å². The number of hydrogen-bond acceptors (Lipinski definition) is 2. The Balaban J connectivity index is 0.00000123. The van der Waals surface area contributed by atoms with Crippen LogP contribution in [-0.2, 0) is 5.60 Å². The zero-order valence-electron chi connectivity index (χ0n) is 16.8. The number of aryl methyl sites for hydroxylation is 1. The maximum atomic E-state index is 11.2. The van der Waals surface area contributed by atoms with Crippen LogP contribution in [0.15, 0.2) is 34.9 Å². The summed E-state index contributed by atoms with van der Waals surface area (Å²) in [6, 6.07) is 6.73. The van der Waals surface area contributed by atoms with Gasteiger partial charge in [0.2, 0.25) is 0 Å². The van der Waals surface area contributed by atoms with Gasteiger partial charge in [0.15, 0.2) is 0 Å².